The number of nitrogens with one attached hydrogen (secondary N) is 1. The molecule has 1 atom stereocenters. The number of amides is 2. The number of nitrogens with zero attached hydrogens (tertiary/aromatic N) is 3. The Morgan fingerprint density at radius 1 is 1.08 bits per heavy atom. The molecule has 0 unspecified atom stereocenters. The number of para-hydroxylation sites is 1. The van der Waals surface area contributed by atoms with Crippen molar-refractivity contribution < 1.29 is 37.4 Å². The van der Waals surface area contributed by atoms with Crippen molar-refractivity contribution in [2.24, 2.45) is 0 Å². The molecule has 3 aromatic rings. The summed E-state index contributed by atoms with van der Waals surface area (Å²) >= 11 is 0. The Morgan fingerprint density at radius 3 is 2.46 bits per heavy atom. The van der Waals surface area contributed by atoms with Gasteiger partial charge in [0.1, 0.15) is 17.7 Å². The molecule has 0 spiro atoms. The van der Waals surface area contributed by atoms with Crippen LogP contribution in [0, 0.1) is 17.5 Å². The average Bonchev–Trinajstić information content (AvgIpc) is 3.17. The van der Waals surface area contributed by atoms with Gasteiger partial charge in [-0.05, 0) is 50.5 Å². The zero-order valence-electron chi connectivity index (χ0n) is 21.5. The Labute approximate surface area is 222 Å². The second-order valence-electron chi connectivity index (χ2n) is 10.2. The van der Waals surface area contributed by atoms with E-state index in [1.165, 1.54) is 11.2 Å². The molecule has 1 aromatic heterocycles. The van der Waals surface area contributed by atoms with E-state index in [1.54, 1.807) is 49.6 Å². The van der Waals surface area contributed by atoms with Gasteiger partial charge in [-0.1, -0.05) is 18.2 Å². The monoisotopic (exact) mass is 544 g/mol. The molecule has 9 nitrogen and oxygen atoms in total. The number of aromatic carboxylic acids is 1. The Kier molecular flexibility index (Phi) is 7.66. The van der Waals surface area contributed by atoms with Crippen LogP contribution in [-0.4, -0.2) is 49.2 Å². The molecule has 4 rings (SSSR count). The minimum absolute atomic E-state index is 0.103. The number of aromatic nitrogens is 2. The Morgan fingerprint density at radius 2 is 1.77 bits per heavy atom. The normalized spacial score (nSPS) is 13.6. The van der Waals surface area contributed by atoms with Gasteiger partial charge in [0, 0.05) is 25.1 Å². The van der Waals surface area contributed by atoms with Crippen LogP contribution in [-0.2, 0) is 29.0 Å². The van der Waals surface area contributed by atoms with E-state index in [2.05, 4.69) is 10.3 Å². The summed E-state index contributed by atoms with van der Waals surface area (Å²) in [7, 11) is 0. The van der Waals surface area contributed by atoms with Gasteiger partial charge in [-0.25, -0.2) is 27.7 Å². The van der Waals surface area contributed by atoms with Crippen LogP contribution >= 0.6 is 0 Å². The number of rotatable bonds is 6. The summed E-state index contributed by atoms with van der Waals surface area (Å²) in [5, 5.41) is 12.2. The van der Waals surface area contributed by atoms with Gasteiger partial charge in [-0.2, -0.15) is 0 Å². The highest BCUT2D eigenvalue weighted by Crippen LogP contribution is 2.27. The number of fused-ring (bicyclic) bond motifs is 3. The summed E-state index contributed by atoms with van der Waals surface area (Å²) in [6, 6.07) is 7.14. The second kappa shape index (κ2) is 10.8. The Hall–Kier alpha value is -4.35. The third kappa shape index (κ3) is 6.39. The van der Waals surface area contributed by atoms with E-state index in [-0.39, 0.29) is 42.9 Å². The van der Waals surface area contributed by atoms with E-state index in [4.69, 9.17) is 4.74 Å². The van der Waals surface area contributed by atoms with Gasteiger partial charge in [0.2, 0.25) is 5.91 Å². The molecular formula is C27H27F3N4O5. The smallest absolute Gasteiger partial charge is 0.407 e. The highest BCUT2D eigenvalue weighted by molar-refractivity contribution is 5.87. The molecule has 0 saturated heterocycles. The molecule has 0 bridgehead atoms. The summed E-state index contributed by atoms with van der Waals surface area (Å²) in [6.45, 7) is 4.93. The minimum atomic E-state index is -1.36. The SMILES string of the molecule is CC(C)(C)OC(=O)N[C@@H](CC(=O)N1Cc2ccccc2-n2cnc(C(=O)O)c2C1)Cc1cc(F)c(F)cc1F. The van der Waals surface area contributed by atoms with E-state index in [0.29, 0.717) is 17.8 Å². The first-order valence-corrected chi connectivity index (χ1v) is 12.1. The van der Waals surface area contributed by atoms with Crippen LogP contribution in [0.15, 0.2) is 42.7 Å². The molecule has 2 aromatic carbocycles. The van der Waals surface area contributed by atoms with Gasteiger partial charge < -0.3 is 24.6 Å². The molecule has 2 N–H and O–H groups in total. The van der Waals surface area contributed by atoms with Crippen molar-refractivity contribution in [1.82, 2.24) is 19.8 Å². The number of imidazole rings is 1. The molecular weight excluding hydrogens is 517 g/mol. The molecule has 0 aliphatic carbocycles. The van der Waals surface area contributed by atoms with Crippen molar-refractivity contribution in [3.63, 3.8) is 0 Å². The van der Waals surface area contributed by atoms with Gasteiger partial charge in [-0.15, -0.1) is 0 Å². The van der Waals surface area contributed by atoms with E-state index < -0.39 is 47.1 Å². The molecule has 12 heteroatoms. The number of halogens is 3. The van der Waals surface area contributed by atoms with E-state index >= 15 is 0 Å². The molecule has 39 heavy (non-hydrogen) atoms. The predicted molar refractivity (Wildman–Crippen MR) is 133 cm³/mol. The molecule has 0 saturated carbocycles. The van der Waals surface area contributed by atoms with Crippen LogP contribution in [0.1, 0.15) is 54.5 Å². The number of carboxylic acid groups (broad SMARTS) is 1. The van der Waals surface area contributed by atoms with Gasteiger partial charge >= 0.3 is 12.1 Å². The maximum Gasteiger partial charge on any atom is 0.407 e. The number of carboxylic acids is 1. The highest BCUT2D eigenvalue weighted by atomic mass is 19.2. The predicted octanol–water partition coefficient (Wildman–Crippen LogP) is 4.36. The molecule has 206 valence electrons. The van der Waals surface area contributed by atoms with E-state index in [0.717, 1.165) is 5.56 Å². The Bertz CT molecular complexity index is 1430. The highest BCUT2D eigenvalue weighted by Gasteiger charge is 2.30. The number of carbonyl (C=O) groups excluding carboxylic acids is 2. The molecule has 2 heterocycles. The van der Waals surface area contributed by atoms with Crippen molar-refractivity contribution in [2.45, 2.75) is 58.3 Å². The van der Waals surface area contributed by atoms with Crippen LogP contribution < -0.4 is 5.32 Å². The third-order valence-electron chi connectivity index (χ3n) is 6.07. The average molecular weight is 545 g/mol. The number of benzene rings is 2. The summed E-state index contributed by atoms with van der Waals surface area (Å²) in [6.07, 6.45) is -0.201. The van der Waals surface area contributed by atoms with E-state index in [1.807, 2.05) is 0 Å². The van der Waals surface area contributed by atoms with Crippen LogP contribution in [0.4, 0.5) is 18.0 Å². The number of alkyl carbamates (subject to hydrolysis) is 1. The Balaban J connectivity index is 1.63. The summed E-state index contributed by atoms with van der Waals surface area (Å²) < 4.78 is 48.7. The lowest BCUT2D eigenvalue weighted by Crippen LogP contribution is -2.43. The lowest BCUT2D eigenvalue weighted by atomic mass is 10.0. The van der Waals surface area contributed by atoms with Crippen molar-refractivity contribution >= 4 is 18.0 Å². The number of hydrogen-bond donors (Lipinski definition) is 2. The zero-order chi connectivity index (χ0) is 28.5. The van der Waals surface area contributed by atoms with Crippen LogP contribution in [0.5, 0.6) is 0 Å². The van der Waals surface area contributed by atoms with Gasteiger partial charge in [-0.3, -0.25) is 4.79 Å². The lowest BCUT2D eigenvalue weighted by molar-refractivity contribution is -0.133. The van der Waals surface area contributed by atoms with Crippen molar-refractivity contribution in [1.29, 1.82) is 0 Å². The standard InChI is InChI=1S/C27H27F3N4O5/c1-27(2,3)39-26(38)32-17(8-16-9-19(29)20(30)11-18(16)28)10-23(35)33-12-15-6-4-5-7-21(15)34-14-31-24(25(36)37)22(34)13-33/h4-7,9,11,14,17H,8,10,12-13H2,1-3H3,(H,32,38)(H,36,37)/t17-/m1/s1. The summed E-state index contributed by atoms with van der Waals surface area (Å²) in [4.78, 5) is 43.3. The quantitative estimate of drug-likeness (QED) is 0.446. The number of carbonyl (C=O) groups is 3. The van der Waals surface area contributed by atoms with Crippen molar-refractivity contribution in [3.05, 3.63) is 82.7 Å². The largest absolute Gasteiger partial charge is 0.476 e. The first-order chi connectivity index (χ1) is 18.3. The molecule has 0 radical (unpaired) electrons. The van der Waals surface area contributed by atoms with Crippen LogP contribution in [0.3, 0.4) is 0 Å². The van der Waals surface area contributed by atoms with E-state index in [9.17, 15) is 32.7 Å². The van der Waals surface area contributed by atoms with Crippen LogP contribution in [0.25, 0.3) is 5.69 Å². The maximum absolute atomic E-state index is 14.4. The van der Waals surface area contributed by atoms with Crippen LogP contribution in [0.2, 0.25) is 0 Å². The maximum atomic E-state index is 14.4. The fourth-order valence-electron chi connectivity index (χ4n) is 4.38. The van der Waals surface area contributed by atoms with Gasteiger partial charge in [0.25, 0.3) is 0 Å². The summed E-state index contributed by atoms with van der Waals surface area (Å²) in [5.41, 5.74) is 0.347. The number of ether oxygens (including phenoxy) is 1. The molecule has 0 fully saturated rings. The third-order valence-corrected chi connectivity index (χ3v) is 6.07. The summed E-state index contributed by atoms with van der Waals surface area (Å²) in [5.74, 6) is -5.42. The van der Waals surface area contributed by atoms with Crippen molar-refractivity contribution in [2.75, 3.05) is 0 Å². The first kappa shape index (κ1) is 27.7. The second-order valence-corrected chi connectivity index (χ2v) is 10.2. The first-order valence-electron chi connectivity index (χ1n) is 12.1. The molecule has 1 aliphatic rings. The van der Waals surface area contributed by atoms with Crippen molar-refractivity contribution in [3.8, 4) is 5.69 Å². The molecule has 2 amide bonds. The molecule has 1 aliphatic heterocycles. The minimum Gasteiger partial charge on any atom is -0.476 e. The van der Waals surface area contributed by atoms with Gasteiger partial charge in [0.05, 0.1) is 17.9 Å². The fourth-order valence-corrected chi connectivity index (χ4v) is 4.38. The lowest BCUT2D eigenvalue weighted by Gasteiger charge is -2.26. The van der Waals surface area contributed by atoms with Gasteiger partial charge in [0.15, 0.2) is 17.3 Å². The number of hydrogen-bond acceptors (Lipinski definition) is 5. The topological polar surface area (TPSA) is 114 Å². The fraction of sp³-hybridized carbons (Fsp3) is 0.333. The zero-order valence-corrected chi connectivity index (χ0v) is 21.5.